The van der Waals surface area contributed by atoms with Gasteiger partial charge in [0.25, 0.3) is 0 Å². The van der Waals surface area contributed by atoms with E-state index in [2.05, 4.69) is 159 Å². The molecule has 3 nitrogen and oxygen atoms in total. The first kappa shape index (κ1) is 28.1. The standard InChI is InChI=1S/C45H31N3Si/c1-49(2)41-17-7-6-12-36(41)43-35-22-25-38(46-40(35)26-27-42(43)49)33-15-8-14-32-31(33)13-9-16-34(32)39-24-21-30-19-18-29-20-23-37(28-10-4-3-5-11-28)47-44(29)45(30)48-39/h3-27H,1-2H3. The SMILES string of the molecule is C[Si]1(C)c2ccccc2-c2c1ccc1nc(-c3cccc4c(-c5ccc6ccc7ccc(-c8ccccc8)nc7c6n5)cccc34)ccc21. The van der Waals surface area contributed by atoms with Gasteiger partial charge in [-0.05, 0) is 56.5 Å². The van der Waals surface area contributed by atoms with E-state index >= 15 is 0 Å². The number of rotatable bonds is 3. The van der Waals surface area contributed by atoms with Crippen molar-refractivity contribution in [2.75, 3.05) is 0 Å². The quantitative estimate of drug-likeness (QED) is 0.142. The number of fused-ring (bicyclic) bond motifs is 9. The fourth-order valence-electron chi connectivity index (χ4n) is 8.00. The molecule has 0 amide bonds. The lowest BCUT2D eigenvalue weighted by Crippen LogP contribution is -2.49. The minimum atomic E-state index is -1.74. The summed E-state index contributed by atoms with van der Waals surface area (Å²) < 4.78 is 0. The van der Waals surface area contributed by atoms with Crippen molar-refractivity contribution in [3.63, 3.8) is 0 Å². The summed E-state index contributed by atoms with van der Waals surface area (Å²) in [4.78, 5) is 15.7. The van der Waals surface area contributed by atoms with Crippen molar-refractivity contribution in [2.24, 2.45) is 0 Å². The van der Waals surface area contributed by atoms with Gasteiger partial charge < -0.3 is 0 Å². The van der Waals surface area contributed by atoms with Gasteiger partial charge in [-0.2, -0.15) is 0 Å². The van der Waals surface area contributed by atoms with Crippen LogP contribution in [0.15, 0.2) is 152 Å². The summed E-state index contributed by atoms with van der Waals surface area (Å²) in [6.07, 6.45) is 0. The molecule has 0 aliphatic carbocycles. The van der Waals surface area contributed by atoms with Gasteiger partial charge in [-0.25, -0.2) is 15.0 Å². The Kier molecular flexibility index (Phi) is 6.02. The molecule has 0 bridgehead atoms. The van der Waals surface area contributed by atoms with Crippen molar-refractivity contribution in [2.45, 2.75) is 13.1 Å². The Morgan fingerprint density at radius 2 is 0.959 bits per heavy atom. The molecule has 0 N–H and O–H groups in total. The molecule has 4 heteroatoms. The zero-order valence-corrected chi connectivity index (χ0v) is 28.3. The summed E-state index contributed by atoms with van der Waals surface area (Å²) in [6, 6.07) is 54.2. The largest absolute Gasteiger partial charge is 0.248 e. The van der Waals surface area contributed by atoms with Crippen LogP contribution in [-0.2, 0) is 0 Å². The van der Waals surface area contributed by atoms with Crippen molar-refractivity contribution in [3.05, 3.63) is 152 Å². The maximum atomic E-state index is 5.30. The van der Waals surface area contributed by atoms with Crippen LogP contribution in [0.5, 0.6) is 0 Å². The molecule has 0 spiro atoms. The van der Waals surface area contributed by atoms with Crippen LogP contribution in [0.25, 0.3) is 88.4 Å². The monoisotopic (exact) mass is 641 g/mol. The molecule has 0 saturated carbocycles. The Hall–Kier alpha value is -5.97. The average molecular weight is 642 g/mol. The second kappa shape index (κ2) is 10.5. The van der Waals surface area contributed by atoms with E-state index in [1.807, 2.05) is 6.07 Å². The van der Waals surface area contributed by atoms with Crippen LogP contribution in [0.4, 0.5) is 0 Å². The highest BCUT2D eigenvalue weighted by atomic mass is 28.3. The summed E-state index contributed by atoms with van der Waals surface area (Å²) in [5, 5.41) is 8.75. The van der Waals surface area contributed by atoms with Crippen LogP contribution >= 0.6 is 0 Å². The van der Waals surface area contributed by atoms with Crippen LogP contribution in [0.1, 0.15) is 0 Å². The molecule has 3 aromatic heterocycles. The van der Waals surface area contributed by atoms with E-state index in [1.54, 1.807) is 0 Å². The number of pyridine rings is 3. The Morgan fingerprint density at radius 3 is 1.69 bits per heavy atom. The number of nitrogens with zero attached hydrogens (tertiary/aromatic N) is 3. The van der Waals surface area contributed by atoms with Crippen molar-refractivity contribution in [1.29, 1.82) is 0 Å². The Bertz CT molecular complexity index is 2800. The van der Waals surface area contributed by atoms with Gasteiger partial charge in [0.15, 0.2) is 0 Å². The van der Waals surface area contributed by atoms with Crippen molar-refractivity contribution in [1.82, 2.24) is 15.0 Å². The Labute approximate surface area is 285 Å². The summed E-state index contributed by atoms with van der Waals surface area (Å²) in [6.45, 7) is 4.93. The van der Waals surface area contributed by atoms with Gasteiger partial charge in [-0.15, -0.1) is 0 Å². The predicted molar refractivity (Wildman–Crippen MR) is 208 cm³/mol. The maximum absolute atomic E-state index is 5.30. The molecule has 10 rings (SSSR count). The first-order valence-electron chi connectivity index (χ1n) is 16.9. The molecular weight excluding hydrogens is 611 g/mol. The highest BCUT2D eigenvalue weighted by Gasteiger charge is 2.38. The normalized spacial score (nSPS) is 13.3. The van der Waals surface area contributed by atoms with Gasteiger partial charge in [0.1, 0.15) is 8.07 Å². The molecule has 0 saturated heterocycles. The number of hydrogen-bond acceptors (Lipinski definition) is 3. The van der Waals surface area contributed by atoms with Crippen LogP contribution in [0.3, 0.4) is 0 Å². The van der Waals surface area contributed by atoms with Crippen LogP contribution in [-0.4, -0.2) is 23.0 Å². The third kappa shape index (κ3) is 4.24. The van der Waals surface area contributed by atoms with E-state index in [0.29, 0.717) is 0 Å². The molecule has 6 aromatic carbocycles. The van der Waals surface area contributed by atoms with E-state index in [0.717, 1.165) is 71.9 Å². The van der Waals surface area contributed by atoms with Crippen LogP contribution in [0.2, 0.25) is 13.1 Å². The lowest BCUT2D eigenvalue weighted by atomic mass is 9.95. The third-order valence-electron chi connectivity index (χ3n) is 10.5. The summed E-state index contributed by atoms with van der Waals surface area (Å²) in [5.41, 5.74) is 11.8. The van der Waals surface area contributed by atoms with Gasteiger partial charge in [0.2, 0.25) is 0 Å². The molecule has 0 fully saturated rings. The molecule has 0 unspecified atom stereocenters. The van der Waals surface area contributed by atoms with E-state index < -0.39 is 8.07 Å². The molecule has 0 atom stereocenters. The minimum Gasteiger partial charge on any atom is -0.248 e. The fourth-order valence-corrected chi connectivity index (χ4v) is 11.1. The molecular formula is C45H31N3Si. The van der Waals surface area contributed by atoms with Gasteiger partial charge >= 0.3 is 0 Å². The third-order valence-corrected chi connectivity index (χ3v) is 14.0. The highest BCUT2D eigenvalue weighted by molar-refractivity contribution is 7.04. The van der Waals surface area contributed by atoms with Gasteiger partial charge in [0, 0.05) is 32.8 Å². The maximum Gasteiger partial charge on any atom is 0.113 e. The van der Waals surface area contributed by atoms with Gasteiger partial charge in [-0.1, -0.05) is 140 Å². The molecule has 9 aromatic rings. The average Bonchev–Trinajstić information content (AvgIpc) is 3.40. The zero-order chi connectivity index (χ0) is 32.7. The Morgan fingerprint density at radius 1 is 0.388 bits per heavy atom. The molecule has 1 aliphatic rings. The second-order valence-corrected chi connectivity index (χ2v) is 17.9. The second-order valence-electron chi connectivity index (χ2n) is 13.6. The molecule has 1 aliphatic heterocycles. The number of benzene rings is 6. The topological polar surface area (TPSA) is 38.7 Å². The van der Waals surface area contributed by atoms with E-state index in [4.69, 9.17) is 15.0 Å². The highest BCUT2D eigenvalue weighted by Crippen LogP contribution is 2.38. The first-order valence-corrected chi connectivity index (χ1v) is 19.9. The van der Waals surface area contributed by atoms with Gasteiger partial charge in [-0.3, -0.25) is 0 Å². The lowest BCUT2D eigenvalue weighted by Gasteiger charge is -2.18. The Balaban J connectivity index is 1.11. The predicted octanol–water partition coefficient (Wildman–Crippen LogP) is 10.3. The van der Waals surface area contributed by atoms with Crippen LogP contribution in [0, 0.1) is 0 Å². The van der Waals surface area contributed by atoms with Crippen molar-refractivity contribution >= 4 is 61.9 Å². The number of aromatic nitrogens is 3. The molecule has 230 valence electrons. The molecule has 4 heterocycles. The van der Waals surface area contributed by atoms with Gasteiger partial charge in [0.05, 0.1) is 33.6 Å². The zero-order valence-electron chi connectivity index (χ0n) is 27.3. The summed E-state index contributed by atoms with van der Waals surface area (Å²) in [5.74, 6) is 0. The van der Waals surface area contributed by atoms with E-state index in [1.165, 1.54) is 26.9 Å². The van der Waals surface area contributed by atoms with E-state index in [-0.39, 0.29) is 0 Å². The molecule has 0 radical (unpaired) electrons. The van der Waals surface area contributed by atoms with Crippen LogP contribution < -0.4 is 10.4 Å². The van der Waals surface area contributed by atoms with Crippen molar-refractivity contribution in [3.8, 4) is 44.9 Å². The van der Waals surface area contributed by atoms with Crippen molar-refractivity contribution < 1.29 is 0 Å². The molecule has 49 heavy (non-hydrogen) atoms. The summed E-state index contributed by atoms with van der Waals surface area (Å²) in [7, 11) is -1.74. The fraction of sp³-hybridized carbons (Fsp3) is 0.0444. The number of hydrogen-bond donors (Lipinski definition) is 0. The van der Waals surface area contributed by atoms with E-state index in [9.17, 15) is 0 Å². The lowest BCUT2D eigenvalue weighted by molar-refractivity contribution is 1.37. The minimum absolute atomic E-state index is 0.914. The first-order chi connectivity index (χ1) is 24.0. The summed E-state index contributed by atoms with van der Waals surface area (Å²) >= 11 is 0. The smallest absolute Gasteiger partial charge is 0.113 e.